The Morgan fingerprint density at radius 3 is 2.67 bits per heavy atom. The topological polar surface area (TPSA) is 101 Å². The van der Waals surface area contributed by atoms with E-state index >= 15 is 0 Å². The Labute approximate surface area is 155 Å². The van der Waals surface area contributed by atoms with Crippen LogP contribution in [-0.4, -0.2) is 28.5 Å². The highest BCUT2D eigenvalue weighted by Crippen LogP contribution is 2.17. The molecule has 7 heteroatoms. The van der Waals surface area contributed by atoms with E-state index in [1.165, 1.54) is 0 Å². The van der Waals surface area contributed by atoms with E-state index in [2.05, 4.69) is 15.3 Å². The van der Waals surface area contributed by atoms with Crippen LogP contribution in [0.4, 0.5) is 5.69 Å². The van der Waals surface area contributed by atoms with Crippen molar-refractivity contribution < 1.29 is 14.3 Å². The number of ether oxygens (including phenoxy) is 1. The van der Waals surface area contributed by atoms with Gasteiger partial charge in [0, 0.05) is 12.8 Å². The Bertz CT molecular complexity index is 1040. The smallest absolute Gasteiger partial charge is 0.340 e. The van der Waals surface area contributed by atoms with Crippen molar-refractivity contribution in [2.45, 2.75) is 19.8 Å². The molecule has 0 saturated carbocycles. The molecule has 1 aromatic heterocycles. The maximum absolute atomic E-state index is 12.3. The van der Waals surface area contributed by atoms with Crippen LogP contribution in [0.25, 0.3) is 11.0 Å². The van der Waals surface area contributed by atoms with Gasteiger partial charge in [-0.25, -0.2) is 9.78 Å². The standard InChI is InChI=1S/C20H19N3O4/c1-2-27-20(26)13-7-3-4-8-14(13)22-18(24)12-11-17-19(25)23-16-10-6-5-9-15(16)21-17/h3-10H,2,11-12H2,1H3,(H,22,24)(H,23,25). The van der Waals surface area contributed by atoms with Crippen LogP contribution in [0.15, 0.2) is 53.3 Å². The van der Waals surface area contributed by atoms with Crippen LogP contribution in [0.3, 0.4) is 0 Å². The van der Waals surface area contributed by atoms with Gasteiger partial charge in [-0.15, -0.1) is 0 Å². The molecule has 0 spiro atoms. The molecular formula is C20H19N3O4. The summed E-state index contributed by atoms with van der Waals surface area (Å²) in [6, 6.07) is 13.8. The Morgan fingerprint density at radius 1 is 1.11 bits per heavy atom. The molecule has 3 aromatic rings. The van der Waals surface area contributed by atoms with Gasteiger partial charge in [0.25, 0.3) is 5.56 Å². The molecule has 0 aliphatic heterocycles. The Balaban J connectivity index is 1.70. The summed E-state index contributed by atoms with van der Waals surface area (Å²) in [5, 5.41) is 2.70. The number of benzene rings is 2. The lowest BCUT2D eigenvalue weighted by molar-refractivity contribution is -0.116. The van der Waals surface area contributed by atoms with Gasteiger partial charge < -0.3 is 15.0 Å². The highest BCUT2D eigenvalue weighted by Gasteiger charge is 2.14. The molecule has 0 saturated heterocycles. The molecule has 0 fully saturated rings. The Kier molecular flexibility index (Phi) is 5.61. The van der Waals surface area contributed by atoms with Crippen molar-refractivity contribution in [1.29, 1.82) is 0 Å². The van der Waals surface area contributed by atoms with E-state index in [-0.39, 0.29) is 36.5 Å². The number of nitrogens with one attached hydrogen (secondary N) is 2. The summed E-state index contributed by atoms with van der Waals surface area (Å²) in [5.41, 5.74) is 1.96. The van der Waals surface area contributed by atoms with Gasteiger partial charge in [-0.1, -0.05) is 24.3 Å². The summed E-state index contributed by atoms with van der Waals surface area (Å²) in [6.45, 7) is 1.96. The predicted molar refractivity (Wildman–Crippen MR) is 102 cm³/mol. The molecule has 0 unspecified atom stereocenters. The fraction of sp³-hybridized carbons (Fsp3) is 0.200. The number of fused-ring (bicyclic) bond motifs is 1. The second-order valence-corrected chi connectivity index (χ2v) is 5.84. The van der Waals surface area contributed by atoms with Gasteiger partial charge in [0.1, 0.15) is 5.69 Å². The van der Waals surface area contributed by atoms with Crippen molar-refractivity contribution in [2.75, 3.05) is 11.9 Å². The van der Waals surface area contributed by atoms with Crippen molar-refractivity contribution in [3.63, 3.8) is 0 Å². The number of anilines is 1. The first kappa shape index (κ1) is 18.3. The maximum atomic E-state index is 12.3. The average molecular weight is 365 g/mol. The van der Waals surface area contributed by atoms with Gasteiger partial charge in [0.05, 0.1) is 28.9 Å². The number of rotatable bonds is 6. The van der Waals surface area contributed by atoms with Crippen molar-refractivity contribution in [1.82, 2.24) is 9.97 Å². The van der Waals surface area contributed by atoms with Crippen LogP contribution in [0.1, 0.15) is 29.4 Å². The molecule has 0 atom stereocenters. The molecule has 0 aliphatic carbocycles. The second-order valence-electron chi connectivity index (χ2n) is 5.84. The lowest BCUT2D eigenvalue weighted by atomic mass is 10.1. The van der Waals surface area contributed by atoms with E-state index in [1.54, 1.807) is 43.3 Å². The van der Waals surface area contributed by atoms with Crippen molar-refractivity contribution in [2.24, 2.45) is 0 Å². The number of hydrogen-bond acceptors (Lipinski definition) is 5. The molecule has 0 bridgehead atoms. The normalized spacial score (nSPS) is 10.6. The van der Waals surface area contributed by atoms with Gasteiger partial charge in [0.15, 0.2) is 0 Å². The number of hydrogen-bond donors (Lipinski definition) is 2. The molecule has 7 nitrogen and oxygen atoms in total. The second kappa shape index (κ2) is 8.27. The number of amides is 1. The zero-order valence-corrected chi connectivity index (χ0v) is 14.8. The van der Waals surface area contributed by atoms with Crippen molar-refractivity contribution in [3.8, 4) is 0 Å². The fourth-order valence-electron chi connectivity index (χ4n) is 2.66. The molecular weight excluding hydrogens is 346 g/mol. The summed E-state index contributed by atoms with van der Waals surface area (Å²) >= 11 is 0. The van der Waals surface area contributed by atoms with Crippen LogP contribution >= 0.6 is 0 Å². The van der Waals surface area contributed by atoms with E-state index in [0.717, 1.165) is 0 Å². The zero-order chi connectivity index (χ0) is 19.2. The number of carbonyl (C=O) groups excluding carboxylic acids is 2. The van der Waals surface area contributed by atoms with Gasteiger partial charge in [-0.3, -0.25) is 9.59 Å². The highest BCUT2D eigenvalue weighted by molar-refractivity contribution is 6.01. The SMILES string of the molecule is CCOC(=O)c1ccccc1NC(=O)CCc1nc2ccccc2[nH]c1=O. The molecule has 3 rings (SSSR count). The molecule has 1 amide bonds. The summed E-state index contributed by atoms with van der Waals surface area (Å²) in [6.07, 6.45) is 0.249. The van der Waals surface area contributed by atoms with E-state index in [9.17, 15) is 14.4 Å². The van der Waals surface area contributed by atoms with E-state index in [1.807, 2.05) is 12.1 Å². The first-order chi connectivity index (χ1) is 13.1. The first-order valence-electron chi connectivity index (χ1n) is 8.62. The van der Waals surface area contributed by atoms with Crippen LogP contribution in [0.2, 0.25) is 0 Å². The number of esters is 1. The van der Waals surface area contributed by atoms with E-state index < -0.39 is 5.97 Å². The molecule has 0 radical (unpaired) electrons. The number of aryl methyl sites for hydroxylation is 1. The van der Waals surface area contributed by atoms with Crippen LogP contribution in [0, 0.1) is 0 Å². The molecule has 1 heterocycles. The molecule has 2 N–H and O–H groups in total. The minimum atomic E-state index is -0.499. The summed E-state index contributed by atoms with van der Waals surface area (Å²) in [5.74, 6) is -0.817. The fourth-order valence-corrected chi connectivity index (χ4v) is 2.66. The quantitative estimate of drug-likeness (QED) is 0.654. The van der Waals surface area contributed by atoms with Crippen LogP contribution in [0.5, 0.6) is 0 Å². The number of nitrogens with zero attached hydrogens (tertiary/aromatic N) is 1. The Hall–Kier alpha value is -3.48. The third kappa shape index (κ3) is 4.38. The van der Waals surface area contributed by atoms with E-state index in [0.29, 0.717) is 22.4 Å². The summed E-state index contributed by atoms with van der Waals surface area (Å²) < 4.78 is 4.99. The monoisotopic (exact) mass is 365 g/mol. The molecule has 138 valence electrons. The third-order valence-corrected chi connectivity index (χ3v) is 3.96. The van der Waals surface area contributed by atoms with Gasteiger partial charge >= 0.3 is 5.97 Å². The largest absolute Gasteiger partial charge is 0.462 e. The van der Waals surface area contributed by atoms with Crippen LogP contribution < -0.4 is 10.9 Å². The zero-order valence-electron chi connectivity index (χ0n) is 14.8. The van der Waals surface area contributed by atoms with E-state index in [4.69, 9.17) is 4.74 Å². The highest BCUT2D eigenvalue weighted by atomic mass is 16.5. The molecule has 2 aromatic carbocycles. The maximum Gasteiger partial charge on any atom is 0.340 e. The average Bonchev–Trinajstić information content (AvgIpc) is 2.67. The lowest BCUT2D eigenvalue weighted by Crippen LogP contribution is -2.20. The number of aromatic nitrogens is 2. The van der Waals surface area contributed by atoms with Gasteiger partial charge in [0.2, 0.25) is 5.91 Å². The van der Waals surface area contributed by atoms with Crippen molar-refractivity contribution in [3.05, 3.63) is 70.1 Å². The summed E-state index contributed by atoms with van der Waals surface area (Å²) in [4.78, 5) is 43.4. The Morgan fingerprint density at radius 2 is 1.85 bits per heavy atom. The van der Waals surface area contributed by atoms with Crippen LogP contribution in [-0.2, 0) is 16.0 Å². The minimum Gasteiger partial charge on any atom is -0.462 e. The number of aromatic amines is 1. The minimum absolute atomic E-state index is 0.0611. The molecule has 0 aliphatic rings. The summed E-state index contributed by atoms with van der Waals surface area (Å²) in [7, 11) is 0. The number of carbonyl (C=O) groups is 2. The van der Waals surface area contributed by atoms with Crippen molar-refractivity contribution >= 4 is 28.6 Å². The molecule has 27 heavy (non-hydrogen) atoms. The first-order valence-corrected chi connectivity index (χ1v) is 8.62. The predicted octanol–water partition coefficient (Wildman–Crippen LogP) is 2.67. The number of H-pyrrole nitrogens is 1. The lowest BCUT2D eigenvalue weighted by Gasteiger charge is -2.10. The number of para-hydroxylation sites is 3. The van der Waals surface area contributed by atoms with Gasteiger partial charge in [-0.05, 0) is 31.2 Å². The third-order valence-electron chi connectivity index (χ3n) is 3.96. The van der Waals surface area contributed by atoms with Gasteiger partial charge in [-0.2, -0.15) is 0 Å².